The number of hydrogen-bond acceptors (Lipinski definition) is 6. The Morgan fingerprint density at radius 2 is 2.10 bits per heavy atom. The Balaban J connectivity index is 2.34. The molecule has 8 heteroatoms. The smallest absolute Gasteiger partial charge is 0.255 e. The van der Waals surface area contributed by atoms with Crippen LogP contribution < -0.4 is 5.32 Å². The summed E-state index contributed by atoms with van der Waals surface area (Å²) >= 11 is 0. The molecule has 0 aromatic carbocycles. The van der Waals surface area contributed by atoms with E-state index in [-0.39, 0.29) is 13.2 Å². The van der Waals surface area contributed by atoms with Gasteiger partial charge in [0.05, 0.1) is 30.0 Å². The fourth-order valence-corrected chi connectivity index (χ4v) is 1.86. The lowest BCUT2D eigenvalue weighted by Gasteiger charge is -2.29. The number of carbonyl (C=O) groups is 1. The topological polar surface area (TPSA) is 113 Å². The molecular formula is C12H17N5O3. The first-order valence-electron chi connectivity index (χ1n) is 6.26. The molecule has 0 unspecified atom stereocenters. The van der Waals surface area contributed by atoms with Crippen LogP contribution in [0.4, 0.5) is 0 Å². The highest BCUT2D eigenvalue weighted by atomic mass is 16.3. The van der Waals surface area contributed by atoms with Gasteiger partial charge in [0.25, 0.3) is 11.7 Å². The number of nitrogens with one attached hydrogen (secondary N) is 1. The van der Waals surface area contributed by atoms with Gasteiger partial charge < -0.3 is 15.5 Å². The molecule has 0 fully saturated rings. The Morgan fingerprint density at radius 1 is 1.40 bits per heavy atom. The molecule has 0 saturated carbocycles. The Labute approximate surface area is 115 Å². The number of rotatable bonds is 5. The molecule has 1 amide bonds. The summed E-state index contributed by atoms with van der Waals surface area (Å²) in [7, 11) is 0. The molecule has 2 aromatic rings. The summed E-state index contributed by atoms with van der Waals surface area (Å²) < 4.78 is 1.46. The maximum absolute atomic E-state index is 12.3. The van der Waals surface area contributed by atoms with Crippen LogP contribution >= 0.6 is 0 Å². The molecule has 20 heavy (non-hydrogen) atoms. The van der Waals surface area contributed by atoms with E-state index in [0.717, 1.165) is 0 Å². The molecular weight excluding hydrogens is 262 g/mol. The second-order valence-electron chi connectivity index (χ2n) is 4.63. The van der Waals surface area contributed by atoms with E-state index in [9.17, 15) is 15.0 Å². The van der Waals surface area contributed by atoms with Crippen molar-refractivity contribution < 1.29 is 15.0 Å². The van der Waals surface area contributed by atoms with E-state index in [4.69, 9.17) is 0 Å². The Morgan fingerprint density at radius 3 is 2.70 bits per heavy atom. The number of hydrogen-bond donors (Lipinski definition) is 3. The summed E-state index contributed by atoms with van der Waals surface area (Å²) in [6.07, 6.45) is 3.17. The molecule has 0 aliphatic carbocycles. The van der Waals surface area contributed by atoms with Gasteiger partial charge >= 0.3 is 0 Å². The lowest BCUT2D eigenvalue weighted by atomic mass is 9.98. The van der Waals surface area contributed by atoms with E-state index in [1.54, 1.807) is 13.8 Å². The lowest BCUT2D eigenvalue weighted by molar-refractivity contribution is 0.0651. The Bertz CT molecular complexity index is 612. The van der Waals surface area contributed by atoms with Gasteiger partial charge in [-0.2, -0.15) is 10.1 Å². The number of carbonyl (C=O) groups excluding carboxylic acids is 1. The minimum atomic E-state index is -1.04. The van der Waals surface area contributed by atoms with Crippen LogP contribution in [-0.2, 0) is 0 Å². The monoisotopic (exact) mass is 279 g/mol. The Kier molecular flexibility index (Phi) is 3.96. The quantitative estimate of drug-likeness (QED) is 0.667. The van der Waals surface area contributed by atoms with Crippen LogP contribution in [0.15, 0.2) is 12.5 Å². The predicted octanol–water partition coefficient (Wildman–Crippen LogP) is -0.704. The minimum absolute atomic E-state index is 0.322. The molecule has 0 aliphatic rings. The van der Waals surface area contributed by atoms with Gasteiger partial charge in [-0.15, -0.1) is 0 Å². The van der Waals surface area contributed by atoms with E-state index >= 15 is 0 Å². The van der Waals surface area contributed by atoms with Gasteiger partial charge in [0.2, 0.25) is 0 Å². The SMILES string of the molecule is CCC(CO)(CO)NC(=O)c1cnc2ncnn2c1C. The first kappa shape index (κ1) is 14.4. The van der Waals surface area contributed by atoms with Crippen LogP contribution in [0.1, 0.15) is 29.4 Å². The minimum Gasteiger partial charge on any atom is -0.394 e. The van der Waals surface area contributed by atoms with Gasteiger partial charge in [0.15, 0.2) is 0 Å². The number of nitrogens with zero attached hydrogens (tertiary/aromatic N) is 4. The number of aromatic nitrogens is 4. The second kappa shape index (κ2) is 5.51. The molecule has 2 rings (SSSR count). The van der Waals surface area contributed by atoms with Gasteiger partial charge in [-0.3, -0.25) is 4.79 Å². The van der Waals surface area contributed by atoms with Crippen molar-refractivity contribution in [2.24, 2.45) is 0 Å². The average molecular weight is 279 g/mol. The maximum Gasteiger partial charge on any atom is 0.255 e. The Hall–Kier alpha value is -2.06. The van der Waals surface area contributed by atoms with Crippen LogP contribution in [-0.4, -0.2) is 54.5 Å². The molecule has 3 N–H and O–H groups in total. The van der Waals surface area contributed by atoms with Crippen LogP contribution in [0.2, 0.25) is 0 Å². The van der Waals surface area contributed by atoms with Crippen molar-refractivity contribution in [3.8, 4) is 0 Å². The van der Waals surface area contributed by atoms with Crippen LogP contribution in [0.5, 0.6) is 0 Å². The summed E-state index contributed by atoms with van der Waals surface area (Å²) in [6, 6.07) is 0. The normalized spacial score (nSPS) is 11.8. The zero-order valence-corrected chi connectivity index (χ0v) is 11.4. The van der Waals surface area contributed by atoms with Gasteiger partial charge in [0, 0.05) is 6.20 Å². The van der Waals surface area contributed by atoms with Gasteiger partial charge in [-0.1, -0.05) is 6.92 Å². The van der Waals surface area contributed by atoms with Crippen molar-refractivity contribution in [2.75, 3.05) is 13.2 Å². The van der Waals surface area contributed by atoms with Gasteiger partial charge in [-0.25, -0.2) is 9.50 Å². The summed E-state index contributed by atoms with van der Waals surface area (Å²) in [4.78, 5) is 20.3. The average Bonchev–Trinajstić information content (AvgIpc) is 2.94. The molecule has 0 spiro atoms. The summed E-state index contributed by atoms with van der Waals surface area (Å²) in [6.45, 7) is 2.82. The highest BCUT2D eigenvalue weighted by Gasteiger charge is 2.29. The number of aryl methyl sites for hydroxylation is 1. The molecule has 0 bridgehead atoms. The zero-order valence-electron chi connectivity index (χ0n) is 11.4. The van der Waals surface area contributed by atoms with E-state index in [2.05, 4.69) is 20.4 Å². The van der Waals surface area contributed by atoms with Gasteiger partial charge in [0.1, 0.15) is 6.33 Å². The summed E-state index contributed by atoms with van der Waals surface area (Å²) in [5.74, 6) is -0.0116. The maximum atomic E-state index is 12.3. The van der Waals surface area contributed by atoms with Crippen LogP contribution in [0.25, 0.3) is 5.78 Å². The van der Waals surface area contributed by atoms with Crippen LogP contribution in [0.3, 0.4) is 0 Å². The predicted molar refractivity (Wildman–Crippen MR) is 70.2 cm³/mol. The van der Waals surface area contributed by atoms with Crippen molar-refractivity contribution in [2.45, 2.75) is 25.8 Å². The van der Waals surface area contributed by atoms with Gasteiger partial charge in [-0.05, 0) is 13.3 Å². The zero-order chi connectivity index (χ0) is 14.8. The van der Waals surface area contributed by atoms with E-state index in [1.165, 1.54) is 17.0 Å². The second-order valence-corrected chi connectivity index (χ2v) is 4.63. The molecule has 0 aliphatic heterocycles. The summed E-state index contributed by atoms with van der Waals surface area (Å²) in [5.41, 5.74) is -0.130. The van der Waals surface area contributed by atoms with E-state index in [1.807, 2.05) is 0 Å². The van der Waals surface area contributed by atoms with Crippen molar-refractivity contribution >= 4 is 11.7 Å². The standard InChI is InChI=1S/C12H17N5O3/c1-3-12(5-18,6-19)16-10(20)9-4-13-11-14-7-15-17(11)8(9)2/h4,7,18-19H,3,5-6H2,1-2H3,(H,16,20). The summed E-state index contributed by atoms with van der Waals surface area (Å²) in [5, 5.41) is 25.4. The first-order chi connectivity index (χ1) is 9.56. The number of aliphatic hydroxyl groups excluding tert-OH is 2. The molecule has 108 valence electrons. The number of aliphatic hydroxyl groups is 2. The molecule has 2 heterocycles. The highest BCUT2D eigenvalue weighted by molar-refractivity contribution is 5.95. The largest absolute Gasteiger partial charge is 0.394 e. The van der Waals surface area contributed by atoms with E-state index < -0.39 is 11.4 Å². The highest BCUT2D eigenvalue weighted by Crippen LogP contribution is 2.12. The fraction of sp³-hybridized carbons (Fsp3) is 0.500. The molecule has 8 nitrogen and oxygen atoms in total. The fourth-order valence-electron chi connectivity index (χ4n) is 1.86. The van der Waals surface area contributed by atoms with Crippen molar-refractivity contribution in [1.82, 2.24) is 24.9 Å². The van der Waals surface area contributed by atoms with Crippen molar-refractivity contribution in [3.05, 3.63) is 23.8 Å². The first-order valence-corrected chi connectivity index (χ1v) is 6.26. The molecule has 0 saturated heterocycles. The molecule has 2 aromatic heterocycles. The third-order valence-corrected chi connectivity index (χ3v) is 3.45. The molecule has 0 atom stereocenters. The van der Waals surface area contributed by atoms with E-state index in [0.29, 0.717) is 23.5 Å². The third-order valence-electron chi connectivity index (χ3n) is 3.45. The third kappa shape index (κ3) is 2.35. The molecule has 0 radical (unpaired) electrons. The number of fused-ring (bicyclic) bond motifs is 1. The van der Waals surface area contributed by atoms with Crippen LogP contribution in [0, 0.1) is 6.92 Å². The number of amides is 1. The van der Waals surface area contributed by atoms with Crippen molar-refractivity contribution in [1.29, 1.82) is 0 Å². The van der Waals surface area contributed by atoms with Crippen molar-refractivity contribution in [3.63, 3.8) is 0 Å². The lowest BCUT2D eigenvalue weighted by Crippen LogP contribution is -2.54.